The van der Waals surface area contributed by atoms with Crippen LogP contribution in [0.15, 0.2) is 47.4 Å². The highest BCUT2D eigenvalue weighted by molar-refractivity contribution is 7.89. The lowest BCUT2D eigenvalue weighted by Crippen LogP contribution is -2.41. The van der Waals surface area contributed by atoms with Crippen molar-refractivity contribution in [1.82, 2.24) is 4.31 Å². The second kappa shape index (κ2) is 7.69. The molecule has 27 heavy (non-hydrogen) atoms. The molecule has 0 unspecified atom stereocenters. The average Bonchev–Trinajstić information content (AvgIpc) is 2.61. The first-order valence-corrected chi connectivity index (χ1v) is 9.72. The van der Waals surface area contributed by atoms with Gasteiger partial charge in [0.05, 0.1) is 4.90 Å². The molecule has 0 atom stereocenters. The van der Waals surface area contributed by atoms with E-state index in [2.05, 4.69) is 5.32 Å². The molecule has 1 N–H and O–H groups in total. The first-order valence-electron chi connectivity index (χ1n) is 8.28. The largest absolute Gasteiger partial charge is 0.326 e. The molecule has 0 bridgehead atoms. The predicted octanol–water partition coefficient (Wildman–Crippen LogP) is 3.14. The number of benzene rings is 2. The molecule has 3 rings (SSSR count). The molecule has 1 fully saturated rings. The van der Waals surface area contributed by atoms with Gasteiger partial charge in [-0.05, 0) is 49.2 Å². The monoisotopic (exact) mass is 398 g/mol. The van der Waals surface area contributed by atoms with E-state index in [4.69, 9.17) is 0 Å². The van der Waals surface area contributed by atoms with Crippen LogP contribution in [-0.4, -0.2) is 31.7 Å². The van der Waals surface area contributed by atoms with Gasteiger partial charge in [-0.3, -0.25) is 4.79 Å². The maximum absolute atomic E-state index is 13.2. The fourth-order valence-corrected chi connectivity index (χ4v) is 4.45. The zero-order valence-electron chi connectivity index (χ0n) is 14.2. The molecule has 1 aliphatic heterocycles. The van der Waals surface area contributed by atoms with Gasteiger partial charge in [0.2, 0.25) is 15.9 Å². The van der Waals surface area contributed by atoms with Crippen molar-refractivity contribution in [2.45, 2.75) is 17.7 Å². The van der Waals surface area contributed by atoms with Gasteiger partial charge in [-0.25, -0.2) is 21.6 Å². The Labute approximate surface area is 154 Å². The summed E-state index contributed by atoms with van der Waals surface area (Å²) in [6.45, 7) is 0.241. The lowest BCUT2D eigenvalue weighted by molar-refractivity contribution is -0.120. The van der Waals surface area contributed by atoms with Gasteiger partial charge >= 0.3 is 0 Å². The normalized spacial score (nSPS) is 16.3. The van der Waals surface area contributed by atoms with E-state index in [0.717, 1.165) is 24.3 Å². The summed E-state index contributed by atoms with van der Waals surface area (Å²) in [5.74, 6) is -3.02. The number of nitrogens with zero attached hydrogens (tertiary/aromatic N) is 1. The van der Waals surface area contributed by atoms with Crippen LogP contribution in [0.4, 0.5) is 18.9 Å². The predicted molar refractivity (Wildman–Crippen MR) is 92.9 cm³/mol. The summed E-state index contributed by atoms with van der Waals surface area (Å²) in [6, 6.07) is 7.26. The van der Waals surface area contributed by atoms with E-state index < -0.39 is 39.3 Å². The van der Waals surface area contributed by atoms with Crippen LogP contribution < -0.4 is 5.32 Å². The van der Waals surface area contributed by atoms with Crippen LogP contribution >= 0.6 is 0 Å². The smallest absolute Gasteiger partial charge is 0.243 e. The zero-order valence-corrected chi connectivity index (χ0v) is 15.0. The first-order chi connectivity index (χ1) is 12.8. The topological polar surface area (TPSA) is 66.5 Å². The van der Waals surface area contributed by atoms with Gasteiger partial charge in [0, 0.05) is 30.8 Å². The minimum Gasteiger partial charge on any atom is -0.326 e. The number of amides is 1. The number of carbonyl (C=O) groups is 1. The van der Waals surface area contributed by atoms with Crippen molar-refractivity contribution >= 4 is 21.6 Å². The molecule has 0 saturated carbocycles. The van der Waals surface area contributed by atoms with Crippen molar-refractivity contribution in [2.24, 2.45) is 5.92 Å². The Kier molecular flexibility index (Phi) is 5.52. The highest BCUT2D eigenvalue weighted by atomic mass is 32.2. The van der Waals surface area contributed by atoms with E-state index in [0.29, 0.717) is 6.07 Å². The Morgan fingerprint density at radius 3 is 2.04 bits per heavy atom. The van der Waals surface area contributed by atoms with E-state index in [9.17, 15) is 26.4 Å². The third-order valence-electron chi connectivity index (χ3n) is 4.41. The summed E-state index contributed by atoms with van der Waals surface area (Å²) in [5, 5.41) is 2.46. The fourth-order valence-electron chi connectivity index (χ4n) is 2.98. The lowest BCUT2D eigenvalue weighted by Gasteiger charge is -2.30. The number of halogens is 3. The molecule has 0 radical (unpaired) electrons. The van der Waals surface area contributed by atoms with Crippen molar-refractivity contribution in [1.29, 1.82) is 0 Å². The highest BCUT2D eigenvalue weighted by Gasteiger charge is 2.32. The number of hydrogen-bond donors (Lipinski definition) is 1. The van der Waals surface area contributed by atoms with Crippen molar-refractivity contribution in [3.63, 3.8) is 0 Å². The summed E-state index contributed by atoms with van der Waals surface area (Å²) in [4.78, 5) is 12.3. The number of hydrogen-bond acceptors (Lipinski definition) is 3. The van der Waals surface area contributed by atoms with Crippen LogP contribution in [0, 0.1) is 23.4 Å². The number of sulfonamides is 1. The third-order valence-corrected chi connectivity index (χ3v) is 6.32. The third kappa shape index (κ3) is 4.48. The molecule has 1 saturated heterocycles. The standard InChI is InChI=1S/C18H17F3N2O3S/c19-13-1-3-17(4-2-13)27(25,26)23-7-5-12(6-8-23)18(24)22-16-10-14(20)9-15(21)11-16/h1-4,9-12H,5-8H2,(H,22,24). The second-order valence-electron chi connectivity index (χ2n) is 6.28. The molecule has 9 heteroatoms. The van der Waals surface area contributed by atoms with Crippen molar-refractivity contribution in [3.8, 4) is 0 Å². The Morgan fingerprint density at radius 2 is 1.48 bits per heavy atom. The summed E-state index contributed by atoms with van der Waals surface area (Å²) in [6.07, 6.45) is 0.536. The number of piperidine rings is 1. The second-order valence-corrected chi connectivity index (χ2v) is 8.22. The molecule has 1 aliphatic rings. The van der Waals surface area contributed by atoms with Crippen LogP contribution in [0.25, 0.3) is 0 Å². The maximum Gasteiger partial charge on any atom is 0.243 e. The highest BCUT2D eigenvalue weighted by Crippen LogP contribution is 2.25. The average molecular weight is 398 g/mol. The lowest BCUT2D eigenvalue weighted by atomic mass is 9.97. The van der Waals surface area contributed by atoms with E-state index in [1.165, 1.54) is 16.4 Å². The van der Waals surface area contributed by atoms with Crippen molar-refractivity contribution in [2.75, 3.05) is 18.4 Å². The molecule has 144 valence electrons. The van der Waals surface area contributed by atoms with Gasteiger partial charge in [-0.1, -0.05) is 0 Å². The molecule has 1 amide bonds. The van der Waals surface area contributed by atoms with Crippen LogP contribution in [0.3, 0.4) is 0 Å². The minimum atomic E-state index is -3.76. The van der Waals surface area contributed by atoms with Crippen LogP contribution in [0.5, 0.6) is 0 Å². The van der Waals surface area contributed by atoms with Gasteiger partial charge in [0.1, 0.15) is 17.5 Å². The number of anilines is 1. The molecular formula is C18H17F3N2O3S. The Hall–Kier alpha value is -2.39. The summed E-state index contributed by atoms with van der Waals surface area (Å²) >= 11 is 0. The molecule has 2 aromatic carbocycles. The molecular weight excluding hydrogens is 381 g/mol. The molecule has 0 aliphatic carbocycles. The summed E-state index contributed by atoms with van der Waals surface area (Å²) in [5.41, 5.74) is 0.0128. The Balaban J connectivity index is 1.62. The van der Waals surface area contributed by atoms with E-state index >= 15 is 0 Å². The van der Waals surface area contributed by atoms with Crippen LogP contribution in [0.1, 0.15) is 12.8 Å². The SMILES string of the molecule is O=C(Nc1cc(F)cc(F)c1)C1CCN(S(=O)(=O)c2ccc(F)cc2)CC1. The quantitative estimate of drug-likeness (QED) is 0.861. The molecule has 0 spiro atoms. The Bertz CT molecular complexity index is 921. The van der Waals surface area contributed by atoms with Crippen LogP contribution in [-0.2, 0) is 14.8 Å². The summed E-state index contributed by atoms with van der Waals surface area (Å²) in [7, 11) is -3.76. The zero-order chi connectivity index (χ0) is 19.6. The van der Waals surface area contributed by atoms with Crippen LogP contribution in [0.2, 0.25) is 0 Å². The Morgan fingerprint density at radius 1 is 0.926 bits per heavy atom. The first kappa shape index (κ1) is 19.4. The van der Waals surface area contributed by atoms with Gasteiger partial charge in [0.25, 0.3) is 0 Å². The molecule has 5 nitrogen and oxygen atoms in total. The van der Waals surface area contributed by atoms with Crippen molar-refractivity contribution in [3.05, 3.63) is 59.9 Å². The van der Waals surface area contributed by atoms with Gasteiger partial charge < -0.3 is 5.32 Å². The molecule has 0 aromatic heterocycles. The fraction of sp³-hybridized carbons (Fsp3) is 0.278. The molecule has 1 heterocycles. The number of nitrogens with one attached hydrogen (secondary N) is 1. The van der Waals surface area contributed by atoms with E-state index in [-0.39, 0.29) is 36.5 Å². The van der Waals surface area contributed by atoms with Crippen molar-refractivity contribution < 1.29 is 26.4 Å². The van der Waals surface area contributed by atoms with Gasteiger partial charge in [-0.2, -0.15) is 4.31 Å². The summed E-state index contributed by atoms with van der Waals surface area (Å²) < 4.78 is 65.8. The van der Waals surface area contributed by atoms with Gasteiger partial charge in [-0.15, -0.1) is 0 Å². The maximum atomic E-state index is 13.2. The van der Waals surface area contributed by atoms with E-state index in [1.54, 1.807) is 0 Å². The van der Waals surface area contributed by atoms with Gasteiger partial charge in [0.15, 0.2) is 0 Å². The minimum absolute atomic E-state index is 0.0120. The van der Waals surface area contributed by atoms with E-state index in [1.807, 2.05) is 0 Å². The number of rotatable bonds is 4. The molecule has 2 aromatic rings. The number of carbonyl (C=O) groups excluding carboxylic acids is 1.